The topological polar surface area (TPSA) is 83.8 Å². The predicted octanol–water partition coefficient (Wildman–Crippen LogP) is -0.107. The van der Waals surface area contributed by atoms with E-state index in [1.807, 2.05) is 0 Å². The molecule has 0 spiro atoms. The number of ether oxygens (including phenoxy) is 1. The van der Waals surface area contributed by atoms with Gasteiger partial charge >= 0.3 is 13.6 Å². The molecule has 0 aliphatic carbocycles. The van der Waals surface area contributed by atoms with Crippen LogP contribution in [0.15, 0.2) is 12.2 Å². The summed E-state index contributed by atoms with van der Waals surface area (Å²) in [5.74, 6) is -0.798. The van der Waals surface area contributed by atoms with Crippen molar-refractivity contribution in [2.45, 2.75) is 0 Å². The number of carbonyl (C=O) groups is 1. The maximum atomic E-state index is 10.5. The van der Waals surface area contributed by atoms with Gasteiger partial charge in [-0.05, 0) is 0 Å². The Labute approximate surface area is 63.8 Å². The third kappa shape index (κ3) is 4.72. The summed E-state index contributed by atoms with van der Waals surface area (Å²) in [6.45, 7) is 3.14. The van der Waals surface area contributed by atoms with Crippen molar-refractivity contribution in [1.29, 1.82) is 0 Å². The van der Waals surface area contributed by atoms with Gasteiger partial charge in [0, 0.05) is 5.57 Å². The van der Waals surface area contributed by atoms with Gasteiger partial charge in [-0.25, -0.2) is 4.79 Å². The highest BCUT2D eigenvalue weighted by atomic mass is 31.2. The van der Waals surface area contributed by atoms with Gasteiger partial charge in [0.05, 0.1) is 13.3 Å². The SMILES string of the molecule is C=C(CP(=O)(O)O)C(=O)OC. The quantitative estimate of drug-likeness (QED) is 0.359. The van der Waals surface area contributed by atoms with Crippen LogP contribution in [-0.4, -0.2) is 29.0 Å². The van der Waals surface area contributed by atoms with Crippen LogP contribution in [0.3, 0.4) is 0 Å². The first kappa shape index (κ1) is 10.4. The van der Waals surface area contributed by atoms with E-state index in [9.17, 15) is 9.36 Å². The molecular formula is C5H9O5P. The molecule has 0 unspecified atom stereocenters. The Kier molecular flexibility index (Phi) is 3.45. The minimum absolute atomic E-state index is 0.221. The second-order valence-electron chi connectivity index (χ2n) is 1.92. The van der Waals surface area contributed by atoms with Crippen LogP contribution >= 0.6 is 7.60 Å². The van der Waals surface area contributed by atoms with Crippen molar-refractivity contribution in [2.75, 3.05) is 13.3 Å². The molecule has 0 aliphatic rings. The first-order valence-corrected chi connectivity index (χ1v) is 4.47. The van der Waals surface area contributed by atoms with Gasteiger partial charge in [0.1, 0.15) is 0 Å². The van der Waals surface area contributed by atoms with Crippen LogP contribution in [-0.2, 0) is 14.1 Å². The second-order valence-corrected chi connectivity index (χ2v) is 3.56. The number of rotatable bonds is 3. The Morgan fingerprint density at radius 3 is 2.36 bits per heavy atom. The highest BCUT2D eigenvalue weighted by Crippen LogP contribution is 2.36. The zero-order chi connectivity index (χ0) is 9.07. The van der Waals surface area contributed by atoms with E-state index in [0.717, 1.165) is 7.11 Å². The van der Waals surface area contributed by atoms with Crippen molar-refractivity contribution < 1.29 is 23.9 Å². The number of esters is 1. The van der Waals surface area contributed by atoms with Crippen molar-refractivity contribution >= 4 is 13.6 Å². The lowest BCUT2D eigenvalue weighted by atomic mass is 10.4. The lowest BCUT2D eigenvalue weighted by Gasteiger charge is -2.03. The lowest BCUT2D eigenvalue weighted by molar-refractivity contribution is -0.136. The molecule has 0 rings (SSSR count). The molecule has 0 atom stereocenters. The molecule has 0 heterocycles. The van der Waals surface area contributed by atoms with Gasteiger partial charge in [-0.15, -0.1) is 0 Å². The Bertz CT molecular complexity index is 215. The third-order valence-electron chi connectivity index (χ3n) is 0.871. The van der Waals surface area contributed by atoms with Gasteiger partial charge in [-0.1, -0.05) is 6.58 Å². The van der Waals surface area contributed by atoms with Crippen molar-refractivity contribution in [3.8, 4) is 0 Å². The molecule has 0 bridgehead atoms. The standard InChI is InChI=1S/C5H9O5P/c1-4(5(6)10-2)3-11(7,8)9/h1,3H2,2H3,(H2,7,8,9). The molecule has 0 amide bonds. The van der Waals surface area contributed by atoms with Gasteiger partial charge in [-0.3, -0.25) is 4.57 Å². The van der Waals surface area contributed by atoms with E-state index in [0.29, 0.717) is 0 Å². The zero-order valence-corrected chi connectivity index (χ0v) is 6.88. The highest BCUT2D eigenvalue weighted by molar-refractivity contribution is 7.52. The lowest BCUT2D eigenvalue weighted by Crippen LogP contribution is -2.07. The first-order chi connectivity index (χ1) is 4.87. The maximum absolute atomic E-state index is 10.5. The normalized spacial score (nSPS) is 10.8. The van der Waals surface area contributed by atoms with E-state index in [-0.39, 0.29) is 5.57 Å². The molecule has 0 saturated carbocycles. The molecule has 0 radical (unpaired) electrons. The fourth-order valence-electron chi connectivity index (χ4n) is 0.458. The molecule has 5 nitrogen and oxygen atoms in total. The molecule has 0 fully saturated rings. The van der Waals surface area contributed by atoms with E-state index < -0.39 is 19.7 Å². The monoisotopic (exact) mass is 180 g/mol. The summed E-state index contributed by atoms with van der Waals surface area (Å²) in [6, 6.07) is 0. The number of methoxy groups -OCH3 is 1. The second kappa shape index (κ2) is 3.67. The largest absolute Gasteiger partial charge is 0.466 e. The van der Waals surface area contributed by atoms with E-state index in [2.05, 4.69) is 11.3 Å². The highest BCUT2D eigenvalue weighted by Gasteiger charge is 2.19. The molecule has 0 aromatic rings. The zero-order valence-electron chi connectivity index (χ0n) is 5.98. The Morgan fingerprint density at radius 1 is 1.64 bits per heavy atom. The fourth-order valence-corrected chi connectivity index (χ4v) is 1.08. The van der Waals surface area contributed by atoms with Gasteiger partial charge in [0.2, 0.25) is 0 Å². The molecule has 11 heavy (non-hydrogen) atoms. The smallest absolute Gasteiger partial charge is 0.333 e. The minimum Gasteiger partial charge on any atom is -0.466 e. The van der Waals surface area contributed by atoms with Gasteiger partial charge in [-0.2, -0.15) is 0 Å². The van der Waals surface area contributed by atoms with Crippen LogP contribution < -0.4 is 0 Å². The summed E-state index contributed by atoms with van der Waals surface area (Å²) >= 11 is 0. The summed E-state index contributed by atoms with van der Waals surface area (Å²) in [5, 5.41) is 0. The molecular weight excluding hydrogens is 171 g/mol. The molecule has 2 N–H and O–H groups in total. The molecule has 64 valence electrons. The van der Waals surface area contributed by atoms with Crippen LogP contribution in [0.2, 0.25) is 0 Å². The van der Waals surface area contributed by atoms with Crippen LogP contribution in [0.4, 0.5) is 0 Å². The van der Waals surface area contributed by atoms with Gasteiger partial charge in [0.25, 0.3) is 0 Å². The average molecular weight is 180 g/mol. The van der Waals surface area contributed by atoms with E-state index >= 15 is 0 Å². The van der Waals surface area contributed by atoms with E-state index in [1.165, 1.54) is 0 Å². The number of hydrogen-bond acceptors (Lipinski definition) is 3. The molecule has 6 heteroatoms. The van der Waals surface area contributed by atoms with Crippen LogP contribution in [0, 0.1) is 0 Å². The van der Waals surface area contributed by atoms with Crippen LogP contribution in [0.5, 0.6) is 0 Å². The third-order valence-corrected chi connectivity index (χ3v) is 1.66. The summed E-state index contributed by atoms with van der Waals surface area (Å²) < 4.78 is 14.5. The Morgan fingerprint density at radius 2 is 2.09 bits per heavy atom. The number of carbonyl (C=O) groups excluding carboxylic acids is 1. The Balaban J connectivity index is 4.10. The van der Waals surface area contributed by atoms with Crippen molar-refractivity contribution in [3.05, 3.63) is 12.2 Å². The van der Waals surface area contributed by atoms with Crippen molar-refractivity contribution in [1.82, 2.24) is 0 Å². The predicted molar refractivity (Wildman–Crippen MR) is 38.1 cm³/mol. The fraction of sp³-hybridized carbons (Fsp3) is 0.400. The average Bonchev–Trinajstić information content (AvgIpc) is 1.82. The van der Waals surface area contributed by atoms with Gasteiger partial charge < -0.3 is 14.5 Å². The van der Waals surface area contributed by atoms with Crippen molar-refractivity contribution in [2.24, 2.45) is 0 Å². The summed E-state index contributed by atoms with van der Waals surface area (Å²) in [5.41, 5.74) is -0.221. The van der Waals surface area contributed by atoms with E-state index in [4.69, 9.17) is 9.79 Å². The summed E-state index contributed by atoms with van der Waals surface area (Å²) in [7, 11) is -3.07. The molecule has 0 aromatic heterocycles. The summed E-state index contributed by atoms with van der Waals surface area (Å²) in [4.78, 5) is 27.3. The Hall–Kier alpha value is -0.640. The molecule has 0 aliphatic heterocycles. The van der Waals surface area contributed by atoms with E-state index in [1.54, 1.807) is 0 Å². The van der Waals surface area contributed by atoms with Crippen LogP contribution in [0.25, 0.3) is 0 Å². The van der Waals surface area contributed by atoms with Gasteiger partial charge in [0.15, 0.2) is 0 Å². The molecule has 0 saturated heterocycles. The van der Waals surface area contributed by atoms with Crippen molar-refractivity contribution in [3.63, 3.8) is 0 Å². The number of hydrogen-bond donors (Lipinski definition) is 2. The minimum atomic E-state index is -4.19. The van der Waals surface area contributed by atoms with Crippen LogP contribution in [0.1, 0.15) is 0 Å². The summed E-state index contributed by atoms with van der Waals surface area (Å²) in [6.07, 6.45) is -0.653. The maximum Gasteiger partial charge on any atom is 0.333 e. The molecule has 0 aromatic carbocycles. The first-order valence-electron chi connectivity index (χ1n) is 2.67.